The van der Waals surface area contributed by atoms with Crippen LogP contribution in [0, 0.1) is 6.92 Å². The van der Waals surface area contributed by atoms with E-state index in [4.69, 9.17) is 0 Å². The standard InChI is InChI=1S/C23H25N7O/c1-15-12-20(30-25-9-10-26-30)22(24-14-15)23(31)29-11-5-8-18(16(29)2)27-21-13-17-6-3-4-7-19(17)28-21/h3-4,6-7,9-10,12-14,16,18,27-28H,5,8,11H2,1-2H3/t16-,18+/m0/s1. The van der Waals surface area contributed by atoms with Crippen molar-refractivity contribution in [1.82, 2.24) is 29.9 Å². The number of nitrogens with zero attached hydrogens (tertiary/aromatic N) is 5. The number of aromatic amines is 1. The van der Waals surface area contributed by atoms with Crippen LogP contribution in [0.3, 0.4) is 0 Å². The molecule has 8 heteroatoms. The molecule has 5 rings (SSSR count). The summed E-state index contributed by atoms with van der Waals surface area (Å²) in [5, 5.41) is 13.2. The fourth-order valence-electron chi connectivity index (χ4n) is 4.32. The average Bonchev–Trinajstić information content (AvgIpc) is 3.44. The Morgan fingerprint density at radius 2 is 2.00 bits per heavy atom. The van der Waals surface area contributed by atoms with Gasteiger partial charge in [0, 0.05) is 35.7 Å². The lowest BCUT2D eigenvalue weighted by atomic mass is 9.96. The smallest absolute Gasteiger partial charge is 0.275 e. The van der Waals surface area contributed by atoms with Gasteiger partial charge >= 0.3 is 0 Å². The second kappa shape index (κ2) is 7.86. The van der Waals surface area contributed by atoms with Gasteiger partial charge in [-0.2, -0.15) is 10.2 Å². The summed E-state index contributed by atoms with van der Waals surface area (Å²) in [5.41, 5.74) is 3.03. The van der Waals surface area contributed by atoms with E-state index in [9.17, 15) is 4.79 Å². The summed E-state index contributed by atoms with van der Waals surface area (Å²) in [7, 11) is 0. The first kappa shape index (κ1) is 19.3. The van der Waals surface area contributed by atoms with Gasteiger partial charge in [-0.1, -0.05) is 18.2 Å². The Labute approximate surface area is 180 Å². The van der Waals surface area contributed by atoms with E-state index in [0.717, 1.165) is 29.7 Å². The molecule has 1 aromatic carbocycles. The maximum atomic E-state index is 13.5. The van der Waals surface area contributed by atoms with Gasteiger partial charge in [0.1, 0.15) is 11.5 Å². The quantitative estimate of drug-likeness (QED) is 0.532. The van der Waals surface area contributed by atoms with Crippen molar-refractivity contribution in [2.75, 3.05) is 11.9 Å². The number of aromatic nitrogens is 5. The van der Waals surface area contributed by atoms with E-state index in [1.54, 1.807) is 18.6 Å². The Bertz CT molecular complexity index is 1180. The van der Waals surface area contributed by atoms with Crippen molar-refractivity contribution in [2.24, 2.45) is 0 Å². The molecule has 4 aromatic rings. The summed E-state index contributed by atoms with van der Waals surface area (Å²) < 4.78 is 0. The molecule has 158 valence electrons. The first-order valence-electron chi connectivity index (χ1n) is 10.6. The van der Waals surface area contributed by atoms with Crippen molar-refractivity contribution in [3.8, 4) is 5.69 Å². The Morgan fingerprint density at radius 1 is 1.19 bits per heavy atom. The van der Waals surface area contributed by atoms with E-state index in [1.807, 2.05) is 30.0 Å². The predicted octanol–water partition coefficient (Wildman–Crippen LogP) is 3.56. The normalized spacial score (nSPS) is 19.0. The number of hydrogen-bond donors (Lipinski definition) is 2. The van der Waals surface area contributed by atoms with Crippen LogP contribution in [0.4, 0.5) is 5.82 Å². The lowest BCUT2D eigenvalue weighted by Gasteiger charge is -2.40. The molecular weight excluding hydrogens is 390 g/mol. The zero-order valence-corrected chi connectivity index (χ0v) is 17.6. The van der Waals surface area contributed by atoms with Crippen LogP contribution in [0.1, 0.15) is 35.8 Å². The largest absolute Gasteiger partial charge is 0.367 e. The fraction of sp³-hybridized carbons (Fsp3) is 0.304. The van der Waals surface area contributed by atoms with Crippen LogP contribution < -0.4 is 5.32 Å². The number of hydrogen-bond acceptors (Lipinski definition) is 5. The molecule has 0 radical (unpaired) electrons. The molecule has 1 aliphatic heterocycles. The molecule has 0 saturated carbocycles. The number of pyridine rings is 1. The Kier molecular flexibility index (Phi) is 4.89. The molecule has 1 fully saturated rings. The van der Waals surface area contributed by atoms with Gasteiger partial charge in [-0.15, -0.1) is 4.80 Å². The molecule has 1 saturated heterocycles. The number of aryl methyl sites for hydroxylation is 1. The maximum Gasteiger partial charge on any atom is 0.275 e. The highest BCUT2D eigenvalue weighted by atomic mass is 16.2. The second-order valence-electron chi connectivity index (χ2n) is 8.10. The van der Waals surface area contributed by atoms with Crippen molar-refractivity contribution in [1.29, 1.82) is 0 Å². The molecule has 4 heterocycles. The van der Waals surface area contributed by atoms with Crippen LogP contribution in [0.15, 0.2) is 55.0 Å². The SMILES string of the molecule is Cc1cnc(C(=O)N2CCC[C@@H](Nc3cc4ccccc4[nH]3)[C@@H]2C)c(-n2nccn2)c1. The minimum atomic E-state index is -0.0945. The van der Waals surface area contributed by atoms with E-state index in [0.29, 0.717) is 17.9 Å². The molecule has 0 unspecified atom stereocenters. The Morgan fingerprint density at radius 3 is 2.81 bits per heavy atom. The van der Waals surface area contributed by atoms with E-state index in [1.165, 1.54) is 10.2 Å². The predicted molar refractivity (Wildman–Crippen MR) is 119 cm³/mol. The summed E-state index contributed by atoms with van der Waals surface area (Å²) in [6, 6.07) is 12.4. The van der Waals surface area contributed by atoms with Crippen LogP contribution in [-0.4, -0.2) is 54.4 Å². The van der Waals surface area contributed by atoms with Gasteiger partial charge < -0.3 is 15.2 Å². The third kappa shape index (κ3) is 3.65. The Balaban J connectivity index is 1.40. The fourth-order valence-corrected chi connectivity index (χ4v) is 4.32. The molecule has 1 amide bonds. The molecular formula is C23H25N7O. The number of nitrogens with one attached hydrogen (secondary N) is 2. The summed E-state index contributed by atoms with van der Waals surface area (Å²) >= 11 is 0. The summed E-state index contributed by atoms with van der Waals surface area (Å²) in [4.78, 5) is 24.8. The van der Waals surface area contributed by atoms with Crippen molar-refractivity contribution < 1.29 is 4.79 Å². The van der Waals surface area contributed by atoms with E-state index < -0.39 is 0 Å². The van der Waals surface area contributed by atoms with Crippen LogP contribution in [0.2, 0.25) is 0 Å². The minimum absolute atomic E-state index is 0.00851. The highest BCUT2D eigenvalue weighted by Gasteiger charge is 2.33. The summed E-state index contributed by atoms with van der Waals surface area (Å²) in [6.45, 7) is 4.74. The first-order valence-corrected chi connectivity index (χ1v) is 10.6. The van der Waals surface area contributed by atoms with E-state index >= 15 is 0 Å². The summed E-state index contributed by atoms with van der Waals surface area (Å²) in [5.74, 6) is 0.880. The number of anilines is 1. The van der Waals surface area contributed by atoms with Gasteiger partial charge in [0.2, 0.25) is 0 Å². The number of likely N-dealkylation sites (tertiary alicyclic amines) is 1. The second-order valence-corrected chi connectivity index (χ2v) is 8.10. The van der Waals surface area contributed by atoms with Gasteiger partial charge in [0.05, 0.1) is 12.4 Å². The van der Waals surface area contributed by atoms with Crippen LogP contribution in [0.5, 0.6) is 0 Å². The van der Waals surface area contributed by atoms with Gasteiger partial charge in [-0.05, 0) is 50.5 Å². The third-order valence-corrected chi connectivity index (χ3v) is 5.96. The number of carbonyl (C=O) groups excluding carboxylic acids is 1. The number of piperidine rings is 1. The number of para-hydroxylation sites is 1. The average molecular weight is 416 g/mol. The number of rotatable bonds is 4. The lowest BCUT2D eigenvalue weighted by molar-refractivity contribution is 0.0610. The molecule has 2 N–H and O–H groups in total. The minimum Gasteiger partial charge on any atom is -0.367 e. The van der Waals surface area contributed by atoms with Crippen molar-refractivity contribution in [2.45, 2.75) is 38.8 Å². The topological polar surface area (TPSA) is 91.7 Å². The number of fused-ring (bicyclic) bond motifs is 1. The molecule has 1 aliphatic rings. The van der Waals surface area contributed by atoms with Crippen molar-refractivity contribution >= 4 is 22.6 Å². The lowest BCUT2D eigenvalue weighted by Crippen LogP contribution is -2.52. The molecule has 0 aliphatic carbocycles. The highest BCUT2D eigenvalue weighted by molar-refractivity contribution is 5.96. The van der Waals surface area contributed by atoms with E-state index in [-0.39, 0.29) is 18.0 Å². The van der Waals surface area contributed by atoms with Gasteiger partial charge in [-0.3, -0.25) is 4.79 Å². The molecule has 8 nitrogen and oxygen atoms in total. The van der Waals surface area contributed by atoms with Crippen LogP contribution >= 0.6 is 0 Å². The number of amides is 1. The monoisotopic (exact) mass is 415 g/mol. The zero-order chi connectivity index (χ0) is 21.4. The molecule has 2 atom stereocenters. The molecule has 31 heavy (non-hydrogen) atoms. The summed E-state index contributed by atoms with van der Waals surface area (Å²) in [6.07, 6.45) is 6.83. The number of benzene rings is 1. The molecule has 0 bridgehead atoms. The Hall–Kier alpha value is -3.68. The van der Waals surface area contributed by atoms with Crippen LogP contribution in [-0.2, 0) is 0 Å². The van der Waals surface area contributed by atoms with Gasteiger partial charge in [-0.25, -0.2) is 4.98 Å². The maximum absolute atomic E-state index is 13.5. The highest BCUT2D eigenvalue weighted by Crippen LogP contribution is 2.26. The zero-order valence-electron chi connectivity index (χ0n) is 17.6. The molecule has 0 spiro atoms. The van der Waals surface area contributed by atoms with Crippen LogP contribution in [0.25, 0.3) is 16.6 Å². The first-order chi connectivity index (χ1) is 15.1. The van der Waals surface area contributed by atoms with E-state index in [2.05, 4.69) is 50.6 Å². The van der Waals surface area contributed by atoms with Crippen molar-refractivity contribution in [3.05, 3.63) is 66.2 Å². The van der Waals surface area contributed by atoms with Crippen molar-refractivity contribution in [3.63, 3.8) is 0 Å². The van der Waals surface area contributed by atoms with Gasteiger partial charge in [0.15, 0.2) is 5.69 Å². The molecule has 3 aromatic heterocycles. The third-order valence-electron chi connectivity index (χ3n) is 5.96. The number of carbonyl (C=O) groups is 1. The van der Waals surface area contributed by atoms with Gasteiger partial charge in [0.25, 0.3) is 5.91 Å². The number of H-pyrrole nitrogens is 1.